The van der Waals surface area contributed by atoms with E-state index in [4.69, 9.17) is 5.73 Å². The number of pyridine rings is 1. The van der Waals surface area contributed by atoms with Gasteiger partial charge < -0.3 is 5.73 Å². The Balaban J connectivity index is 2.15. The quantitative estimate of drug-likeness (QED) is 0.706. The normalized spacial score (nSPS) is 11.0. The summed E-state index contributed by atoms with van der Waals surface area (Å²) in [6.45, 7) is 1.86. The van der Waals surface area contributed by atoms with Crippen molar-refractivity contribution in [3.8, 4) is 0 Å². The molecule has 0 spiro atoms. The van der Waals surface area contributed by atoms with Gasteiger partial charge in [0.15, 0.2) is 0 Å². The summed E-state index contributed by atoms with van der Waals surface area (Å²) in [5, 5.41) is 0.828. The first-order chi connectivity index (χ1) is 10.0. The second-order valence-corrected chi connectivity index (χ2v) is 5.80. The zero-order valence-corrected chi connectivity index (χ0v) is 12.0. The number of hydrogen-bond donors (Lipinski definition) is 1. The first-order valence-corrected chi connectivity index (χ1v) is 7.14. The first-order valence-electron chi connectivity index (χ1n) is 6.33. The molecule has 0 saturated heterocycles. The van der Waals surface area contributed by atoms with Crippen molar-refractivity contribution in [2.75, 3.05) is 5.73 Å². The highest BCUT2D eigenvalue weighted by Crippen LogP contribution is 2.35. The monoisotopic (exact) mass is 302 g/mol. The Kier molecular flexibility index (Phi) is 3.51. The van der Waals surface area contributed by atoms with Gasteiger partial charge >= 0.3 is 0 Å². The standard InChI is InChI=1S/C16H12F2N2S/c1-9-6-15(12-8-11(19)3-5-14(12)20-9)21-16-7-10(17)2-4-13(16)18/h2-8H,19H2,1H3. The fourth-order valence-corrected chi connectivity index (χ4v) is 3.17. The van der Waals surface area contributed by atoms with E-state index in [0.717, 1.165) is 33.6 Å². The molecule has 106 valence electrons. The SMILES string of the molecule is Cc1cc(Sc2cc(F)ccc2F)c2cc(N)ccc2n1. The Morgan fingerprint density at radius 2 is 1.81 bits per heavy atom. The molecule has 21 heavy (non-hydrogen) atoms. The number of aromatic nitrogens is 1. The molecule has 0 fully saturated rings. The van der Waals surface area contributed by atoms with Crippen molar-refractivity contribution < 1.29 is 8.78 Å². The lowest BCUT2D eigenvalue weighted by molar-refractivity contribution is 0.577. The van der Waals surface area contributed by atoms with Crippen molar-refractivity contribution in [2.24, 2.45) is 0 Å². The van der Waals surface area contributed by atoms with Crippen LogP contribution in [0.1, 0.15) is 5.69 Å². The number of fused-ring (bicyclic) bond motifs is 1. The Bertz CT molecular complexity index is 834. The summed E-state index contributed by atoms with van der Waals surface area (Å²) in [6.07, 6.45) is 0. The fraction of sp³-hybridized carbons (Fsp3) is 0.0625. The molecule has 1 heterocycles. The highest BCUT2D eigenvalue weighted by molar-refractivity contribution is 7.99. The van der Waals surface area contributed by atoms with Crippen LogP contribution in [-0.4, -0.2) is 4.98 Å². The molecule has 0 unspecified atom stereocenters. The van der Waals surface area contributed by atoms with E-state index in [1.165, 1.54) is 17.8 Å². The zero-order chi connectivity index (χ0) is 15.0. The molecule has 2 N–H and O–H groups in total. The van der Waals surface area contributed by atoms with Crippen molar-refractivity contribution in [1.29, 1.82) is 0 Å². The van der Waals surface area contributed by atoms with Crippen LogP contribution in [0, 0.1) is 18.6 Å². The van der Waals surface area contributed by atoms with Crippen molar-refractivity contribution in [3.05, 3.63) is 59.8 Å². The van der Waals surface area contributed by atoms with Crippen molar-refractivity contribution in [1.82, 2.24) is 4.98 Å². The van der Waals surface area contributed by atoms with Crippen LogP contribution in [0.4, 0.5) is 14.5 Å². The molecule has 0 saturated carbocycles. The van der Waals surface area contributed by atoms with E-state index >= 15 is 0 Å². The van der Waals surface area contributed by atoms with Crippen molar-refractivity contribution in [3.63, 3.8) is 0 Å². The molecule has 3 rings (SSSR count). The van der Waals surface area contributed by atoms with Crippen LogP contribution in [-0.2, 0) is 0 Å². The molecule has 0 atom stereocenters. The minimum atomic E-state index is -0.464. The van der Waals surface area contributed by atoms with E-state index < -0.39 is 11.6 Å². The van der Waals surface area contributed by atoms with Crippen molar-refractivity contribution >= 4 is 28.4 Å². The predicted octanol–water partition coefficient (Wildman–Crippen LogP) is 4.55. The lowest BCUT2D eigenvalue weighted by Crippen LogP contribution is -1.91. The molecular weight excluding hydrogens is 290 g/mol. The van der Waals surface area contributed by atoms with E-state index in [9.17, 15) is 8.78 Å². The summed E-state index contributed by atoms with van der Waals surface area (Å²) in [4.78, 5) is 5.46. The van der Waals surface area contributed by atoms with Gasteiger partial charge in [-0.15, -0.1) is 0 Å². The van der Waals surface area contributed by atoms with Crippen LogP contribution in [0.25, 0.3) is 10.9 Å². The second-order valence-electron chi connectivity index (χ2n) is 4.72. The summed E-state index contributed by atoms with van der Waals surface area (Å²) in [6, 6.07) is 10.6. The molecule has 5 heteroatoms. The molecule has 0 aliphatic heterocycles. The smallest absolute Gasteiger partial charge is 0.137 e. The van der Waals surface area contributed by atoms with Gasteiger partial charge in [0.05, 0.1) is 10.4 Å². The van der Waals surface area contributed by atoms with E-state index in [0.29, 0.717) is 5.69 Å². The van der Waals surface area contributed by atoms with Gasteiger partial charge in [0.1, 0.15) is 11.6 Å². The summed E-state index contributed by atoms with van der Waals surface area (Å²) >= 11 is 1.17. The van der Waals surface area contributed by atoms with Crippen LogP contribution in [0.3, 0.4) is 0 Å². The van der Waals surface area contributed by atoms with Crippen molar-refractivity contribution in [2.45, 2.75) is 16.7 Å². The van der Waals surface area contributed by atoms with E-state index in [2.05, 4.69) is 4.98 Å². The van der Waals surface area contributed by atoms with Gasteiger partial charge in [0.25, 0.3) is 0 Å². The number of nitrogens with two attached hydrogens (primary N) is 1. The number of rotatable bonds is 2. The first kappa shape index (κ1) is 13.8. The average molecular weight is 302 g/mol. The minimum absolute atomic E-state index is 0.240. The predicted molar refractivity (Wildman–Crippen MR) is 81.4 cm³/mol. The van der Waals surface area contributed by atoms with Crippen LogP contribution < -0.4 is 5.73 Å². The third kappa shape index (κ3) is 2.83. The molecular formula is C16H12F2N2S. The Morgan fingerprint density at radius 1 is 1.00 bits per heavy atom. The summed E-state index contributed by atoms with van der Waals surface area (Å²) in [5.74, 6) is -0.915. The molecule has 2 nitrogen and oxygen atoms in total. The fourth-order valence-electron chi connectivity index (χ4n) is 2.10. The van der Waals surface area contributed by atoms with Gasteiger partial charge in [-0.3, -0.25) is 4.98 Å². The topological polar surface area (TPSA) is 38.9 Å². The van der Waals surface area contributed by atoms with Gasteiger partial charge in [-0.25, -0.2) is 8.78 Å². The van der Waals surface area contributed by atoms with Gasteiger partial charge in [-0.05, 0) is 49.4 Å². The maximum Gasteiger partial charge on any atom is 0.137 e. The largest absolute Gasteiger partial charge is 0.399 e. The Hall–Kier alpha value is -2.14. The van der Waals surface area contributed by atoms with Gasteiger partial charge in [-0.1, -0.05) is 11.8 Å². The molecule has 0 radical (unpaired) electrons. The number of hydrogen-bond acceptors (Lipinski definition) is 3. The lowest BCUT2D eigenvalue weighted by atomic mass is 10.2. The van der Waals surface area contributed by atoms with E-state index in [-0.39, 0.29) is 4.90 Å². The lowest BCUT2D eigenvalue weighted by Gasteiger charge is -2.09. The maximum absolute atomic E-state index is 13.8. The third-order valence-corrected chi connectivity index (χ3v) is 4.13. The summed E-state index contributed by atoms with van der Waals surface area (Å²) in [5.41, 5.74) is 8.01. The van der Waals surface area contributed by atoms with Crippen LogP contribution in [0.15, 0.2) is 52.3 Å². The molecule has 0 aliphatic rings. The van der Waals surface area contributed by atoms with Gasteiger partial charge in [0, 0.05) is 21.7 Å². The number of benzene rings is 2. The molecule has 3 aromatic rings. The number of aryl methyl sites for hydroxylation is 1. The zero-order valence-electron chi connectivity index (χ0n) is 11.2. The Labute approximate surface area is 125 Å². The molecule has 2 aromatic carbocycles. The number of nitrogens with zero attached hydrogens (tertiary/aromatic N) is 1. The second kappa shape index (κ2) is 5.33. The highest BCUT2D eigenvalue weighted by Gasteiger charge is 2.10. The minimum Gasteiger partial charge on any atom is -0.399 e. The van der Waals surface area contributed by atoms with E-state index in [1.54, 1.807) is 12.1 Å². The molecule has 0 bridgehead atoms. The average Bonchev–Trinajstić information content (AvgIpc) is 2.43. The Morgan fingerprint density at radius 3 is 2.62 bits per heavy atom. The third-order valence-electron chi connectivity index (χ3n) is 3.04. The molecule has 0 aliphatic carbocycles. The molecule has 0 amide bonds. The number of anilines is 1. The van der Waals surface area contributed by atoms with Crippen LogP contribution >= 0.6 is 11.8 Å². The van der Waals surface area contributed by atoms with Gasteiger partial charge in [-0.2, -0.15) is 0 Å². The maximum atomic E-state index is 13.8. The summed E-state index contributed by atoms with van der Waals surface area (Å²) < 4.78 is 27.1. The highest BCUT2D eigenvalue weighted by atomic mass is 32.2. The number of halogens is 2. The van der Waals surface area contributed by atoms with E-state index in [1.807, 2.05) is 19.1 Å². The van der Waals surface area contributed by atoms with Crippen LogP contribution in [0.2, 0.25) is 0 Å². The van der Waals surface area contributed by atoms with Crippen LogP contribution in [0.5, 0.6) is 0 Å². The molecule has 1 aromatic heterocycles. The van der Waals surface area contributed by atoms with Gasteiger partial charge in [0.2, 0.25) is 0 Å². The number of nitrogen functional groups attached to an aromatic ring is 1. The summed E-state index contributed by atoms with van der Waals surface area (Å²) in [7, 11) is 0.